The number of aliphatic imine (C=N–C) groups is 2. The first-order valence-electron chi connectivity index (χ1n) is 11.1. The van der Waals surface area contributed by atoms with Crippen LogP contribution < -0.4 is 9.80 Å². The van der Waals surface area contributed by atoms with Gasteiger partial charge in [0.05, 0.1) is 12.6 Å². The summed E-state index contributed by atoms with van der Waals surface area (Å²) in [6, 6.07) is 11.3. The zero-order valence-corrected chi connectivity index (χ0v) is 19.4. The second-order valence-corrected chi connectivity index (χ2v) is 7.45. The van der Waals surface area contributed by atoms with Crippen LogP contribution in [0, 0.1) is 0 Å². The van der Waals surface area contributed by atoms with Gasteiger partial charge in [-0.2, -0.15) is 0 Å². The van der Waals surface area contributed by atoms with Crippen molar-refractivity contribution in [2.45, 2.75) is 40.7 Å². The smallest absolute Gasteiger partial charge is 0.126 e. The highest BCUT2D eigenvalue weighted by molar-refractivity contribution is 5.85. The number of hydrogen-bond acceptors (Lipinski definition) is 6. The summed E-state index contributed by atoms with van der Waals surface area (Å²) in [5, 5.41) is 20.6. The van der Waals surface area contributed by atoms with E-state index in [1.165, 1.54) is 0 Å². The van der Waals surface area contributed by atoms with Gasteiger partial charge in [-0.25, -0.2) is 0 Å². The quantitative estimate of drug-likeness (QED) is 0.512. The van der Waals surface area contributed by atoms with Gasteiger partial charge in [0.2, 0.25) is 0 Å². The van der Waals surface area contributed by atoms with E-state index in [9.17, 15) is 10.2 Å². The molecule has 0 aliphatic carbocycles. The topological polar surface area (TPSA) is 71.7 Å². The summed E-state index contributed by atoms with van der Waals surface area (Å²) < 4.78 is 0. The van der Waals surface area contributed by atoms with E-state index in [1.54, 1.807) is 24.6 Å². The van der Waals surface area contributed by atoms with E-state index < -0.39 is 0 Å². The molecule has 6 heteroatoms. The average Bonchev–Trinajstić information content (AvgIpc) is 2.76. The normalized spacial score (nSPS) is 12.5. The Balaban J connectivity index is 1.98. The molecule has 0 bridgehead atoms. The van der Waals surface area contributed by atoms with Crippen molar-refractivity contribution < 1.29 is 10.2 Å². The second kappa shape index (κ2) is 12.0. The lowest BCUT2D eigenvalue weighted by Gasteiger charge is -2.21. The summed E-state index contributed by atoms with van der Waals surface area (Å²) in [4.78, 5) is 13.3. The Morgan fingerprint density at radius 1 is 0.774 bits per heavy atom. The van der Waals surface area contributed by atoms with Crippen molar-refractivity contribution in [2.24, 2.45) is 9.98 Å². The molecule has 2 aromatic rings. The van der Waals surface area contributed by atoms with E-state index in [0.717, 1.165) is 37.6 Å². The summed E-state index contributed by atoms with van der Waals surface area (Å²) in [6.07, 6.45) is 3.38. The van der Waals surface area contributed by atoms with Crippen LogP contribution in [0.1, 0.15) is 45.7 Å². The molecule has 0 aliphatic rings. The Hall–Kier alpha value is -3.02. The number of phenolic OH excluding ortho intramolecular Hbond substituents is 2. The Bertz CT molecular complexity index is 887. The zero-order chi connectivity index (χ0) is 22.8. The Kier molecular flexibility index (Phi) is 9.38. The van der Waals surface area contributed by atoms with Crippen molar-refractivity contribution in [1.29, 1.82) is 0 Å². The summed E-state index contributed by atoms with van der Waals surface area (Å²) in [7, 11) is 0. The number of aromatic hydroxyl groups is 2. The zero-order valence-electron chi connectivity index (χ0n) is 19.4. The van der Waals surface area contributed by atoms with Gasteiger partial charge in [0.15, 0.2) is 0 Å². The van der Waals surface area contributed by atoms with Gasteiger partial charge in [-0.1, -0.05) is 0 Å². The summed E-state index contributed by atoms with van der Waals surface area (Å²) >= 11 is 0. The van der Waals surface area contributed by atoms with Gasteiger partial charge in [0.25, 0.3) is 0 Å². The second-order valence-electron chi connectivity index (χ2n) is 7.45. The Morgan fingerprint density at radius 3 is 1.65 bits per heavy atom. The van der Waals surface area contributed by atoms with Gasteiger partial charge in [-0.05, 0) is 58.9 Å². The highest BCUT2D eigenvalue weighted by Gasteiger charge is 2.07. The predicted octanol–water partition coefficient (Wildman–Crippen LogP) is 4.72. The maximum absolute atomic E-state index is 10.3. The largest absolute Gasteiger partial charge is 0.507 e. The molecule has 2 N–H and O–H groups in total. The number of anilines is 2. The molecule has 0 aromatic heterocycles. The lowest BCUT2D eigenvalue weighted by Crippen LogP contribution is -2.21. The van der Waals surface area contributed by atoms with Gasteiger partial charge >= 0.3 is 0 Å². The fourth-order valence-corrected chi connectivity index (χ4v) is 3.41. The highest BCUT2D eigenvalue weighted by atomic mass is 16.3. The molecule has 1 atom stereocenters. The molecule has 0 radical (unpaired) electrons. The molecule has 0 saturated carbocycles. The van der Waals surface area contributed by atoms with Crippen LogP contribution in [0.2, 0.25) is 0 Å². The number of nitrogens with zero attached hydrogens (tertiary/aromatic N) is 4. The molecular formula is C25H36N4O2. The molecule has 0 fully saturated rings. The van der Waals surface area contributed by atoms with E-state index in [1.807, 2.05) is 31.2 Å². The van der Waals surface area contributed by atoms with Crippen LogP contribution in [0.15, 0.2) is 46.4 Å². The summed E-state index contributed by atoms with van der Waals surface area (Å²) in [5.74, 6) is 0.449. The van der Waals surface area contributed by atoms with Crippen molar-refractivity contribution in [2.75, 3.05) is 42.5 Å². The van der Waals surface area contributed by atoms with Crippen LogP contribution in [0.3, 0.4) is 0 Å². The molecule has 31 heavy (non-hydrogen) atoms. The molecule has 2 aromatic carbocycles. The molecule has 0 aliphatic heterocycles. The fraction of sp³-hybridized carbons (Fsp3) is 0.440. The van der Waals surface area contributed by atoms with Crippen molar-refractivity contribution in [3.8, 4) is 11.5 Å². The molecular weight excluding hydrogens is 388 g/mol. The average molecular weight is 425 g/mol. The van der Waals surface area contributed by atoms with Gasteiger partial charge < -0.3 is 20.0 Å². The van der Waals surface area contributed by atoms with E-state index >= 15 is 0 Å². The van der Waals surface area contributed by atoms with E-state index in [-0.39, 0.29) is 17.5 Å². The third-order valence-corrected chi connectivity index (χ3v) is 5.35. The van der Waals surface area contributed by atoms with Crippen LogP contribution in [-0.4, -0.2) is 61.4 Å². The lowest BCUT2D eigenvalue weighted by atomic mass is 10.1. The first-order chi connectivity index (χ1) is 14.9. The maximum Gasteiger partial charge on any atom is 0.126 e. The minimum atomic E-state index is -0.0461. The number of phenols is 2. The van der Waals surface area contributed by atoms with Crippen molar-refractivity contribution in [1.82, 2.24) is 0 Å². The summed E-state index contributed by atoms with van der Waals surface area (Å²) in [5.41, 5.74) is 3.39. The van der Waals surface area contributed by atoms with E-state index in [0.29, 0.717) is 17.7 Å². The lowest BCUT2D eigenvalue weighted by molar-refractivity contribution is 0.473. The molecule has 168 valence electrons. The first-order valence-corrected chi connectivity index (χ1v) is 11.1. The van der Waals surface area contributed by atoms with Crippen LogP contribution in [-0.2, 0) is 0 Å². The molecule has 2 rings (SSSR count). The minimum absolute atomic E-state index is 0.0461. The molecule has 0 amide bonds. The third kappa shape index (κ3) is 6.74. The number of benzene rings is 2. The Morgan fingerprint density at radius 2 is 1.23 bits per heavy atom. The molecule has 0 spiro atoms. The molecule has 1 unspecified atom stereocenters. The van der Waals surface area contributed by atoms with Gasteiger partial charge in [0.1, 0.15) is 11.5 Å². The van der Waals surface area contributed by atoms with Crippen LogP contribution in [0.4, 0.5) is 11.4 Å². The molecule has 6 nitrogen and oxygen atoms in total. The summed E-state index contributed by atoms with van der Waals surface area (Å²) in [6.45, 7) is 14.4. The van der Waals surface area contributed by atoms with Crippen molar-refractivity contribution >= 4 is 23.8 Å². The van der Waals surface area contributed by atoms with Gasteiger partial charge in [-0.15, -0.1) is 0 Å². The van der Waals surface area contributed by atoms with Crippen molar-refractivity contribution in [3.05, 3.63) is 47.5 Å². The van der Waals surface area contributed by atoms with Crippen LogP contribution in [0.5, 0.6) is 11.5 Å². The molecule has 0 heterocycles. The SMILES string of the molecule is CCN(CC)c1ccc(C=NCC(C)N=Cc2ccc(N(CC)CC)cc2O)c(O)c1. The van der Waals surface area contributed by atoms with Crippen molar-refractivity contribution in [3.63, 3.8) is 0 Å². The number of rotatable bonds is 11. The van der Waals surface area contributed by atoms with E-state index in [4.69, 9.17) is 0 Å². The monoisotopic (exact) mass is 424 g/mol. The highest BCUT2D eigenvalue weighted by Crippen LogP contribution is 2.24. The van der Waals surface area contributed by atoms with Gasteiger partial charge in [-0.3, -0.25) is 9.98 Å². The van der Waals surface area contributed by atoms with Gasteiger partial charge in [0, 0.05) is 73.2 Å². The first kappa shape index (κ1) is 24.3. The Labute approximate surface area is 186 Å². The van der Waals surface area contributed by atoms with Crippen LogP contribution >= 0.6 is 0 Å². The van der Waals surface area contributed by atoms with E-state index in [2.05, 4.69) is 47.5 Å². The third-order valence-electron chi connectivity index (χ3n) is 5.35. The standard InChI is InChI=1S/C25H36N4O2/c1-6-28(7-2)22-12-10-20(24(30)14-22)17-26-16-19(5)27-18-21-11-13-23(15-25(21)31)29(8-3)9-4/h10-15,17-19,30-31H,6-9,16H2,1-5H3. The minimum Gasteiger partial charge on any atom is -0.507 e. The predicted molar refractivity (Wildman–Crippen MR) is 133 cm³/mol. The fourth-order valence-electron chi connectivity index (χ4n) is 3.41. The van der Waals surface area contributed by atoms with Crippen LogP contribution in [0.25, 0.3) is 0 Å². The maximum atomic E-state index is 10.3. The molecule has 0 saturated heterocycles. The number of hydrogen-bond donors (Lipinski definition) is 2.